The average molecular weight is 586 g/mol. The van der Waals surface area contributed by atoms with Crippen LogP contribution in [0.1, 0.15) is 30.5 Å². The van der Waals surface area contributed by atoms with Crippen LogP contribution in [0.3, 0.4) is 0 Å². The number of nitrogens with zero attached hydrogens (tertiary/aromatic N) is 2. The van der Waals surface area contributed by atoms with Crippen molar-refractivity contribution >= 4 is 60.8 Å². The van der Waals surface area contributed by atoms with Crippen molar-refractivity contribution in [2.24, 2.45) is 5.92 Å². The molecule has 8 heteroatoms. The predicted molar refractivity (Wildman–Crippen MR) is 141 cm³/mol. The Kier molecular flexibility index (Phi) is 7.19. The second-order valence-corrected chi connectivity index (χ2v) is 10.1. The van der Waals surface area contributed by atoms with Crippen molar-refractivity contribution in [2.45, 2.75) is 20.5 Å². The summed E-state index contributed by atoms with van der Waals surface area (Å²) in [6.45, 7) is 5.02. The van der Waals surface area contributed by atoms with E-state index in [4.69, 9.17) is 4.74 Å². The molecule has 174 valence electrons. The van der Waals surface area contributed by atoms with E-state index in [0.717, 1.165) is 16.8 Å². The summed E-state index contributed by atoms with van der Waals surface area (Å²) in [5.74, 6) is 0.920. The fraction of sp³-hybridized carbons (Fsp3) is 0.192. The smallest absolute Gasteiger partial charge is 0.269 e. The van der Waals surface area contributed by atoms with Gasteiger partial charge < -0.3 is 9.64 Å². The molecule has 4 rings (SSSR count). The monoisotopic (exact) mass is 584 g/mol. The van der Waals surface area contributed by atoms with Gasteiger partial charge in [-0.3, -0.25) is 14.9 Å². The molecule has 34 heavy (non-hydrogen) atoms. The number of benzene rings is 3. The Balaban J connectivity index is 1.60. The maximum atomic E-state index is 13.2. The minimum atomic E-state index is -0.428. The molecule has 0 radical (unpaired) electrons. The van der Waals surface area contributed by atoms with Crippen molar-refractivity contribution in [1.82, 2.24) is 0 Å². The Morgan fingerprint density at radius 1 is 1.06 bits per heavy atom. The van der Waals surface area contributed by atoms with Crippen LogP contribution in [0.5, 0.6) is 5.75 Å². The molecule has 0 atom stereocenters. The molecule has 1 amide bonds. The average Bonchev–Trinajstić information content (AvgIpc) is 3.04. The van der Waals surface area contributed by atoms with Crippen LogP contribution in [0.2, 0.25) is 0 Å². The number of carbonyl (C=O) groups is 1. The van der Waals surface area contributed by atoms with Gasteiger partial charge in [-0.2, -0.15) is 0 Å². The molecule has 0 saturated carbocycles. The number of fused-ring (bicyclic) bond motifs is 1. The second kappa shape index (κ2) is 10.1. The number of halogens is 2. The molecule has 6 nitrogen and oxygen atoms in total. The highest BCUT2D eigenvalue weighted by Gasteiger charge is 2.32. The van der Waals surface area contributed by atoms with Crippen LogP contribution >= 0.6 is 31.9 Å². The summed E-state index contributed by atoms with van der Waals surface area (Å²) in [4.78, 5) is 25.7. The van der Waals surface area contributed by atoms with Crippen LogP contribution in [0, 0.1) is 16.0 Å². The summed E-state index contributed by atoms with van der Waals surface area (Å²) in [7, 11) is 0. The van der Waals surface area contributed by atoms with Gasteiger partial charge in [0.25, 0.3) is 11.6 Å². The number of nitro benzene ring substituents is 1. The lowest BCUT2D eigenvalue weighted by atomic mass is 10.0. The molecule has 1 aliphatic heterocycles. The molecule has 0 fully saturated rings. The standard InChI is InChI=1S/C26H22Br2N2O4/c1-16(2)14-29-24-9-4-3-8-20(24)21(26(29)31)11-18-12-22(27)25(23(28)13-18)34-15-17-6-5-7-19(10-17)30(32)33/h3-13,16H,14-15H2,1-2H3/b21-11-. The number of hydrogen-bond acceptors (Lipinski definition) is 4. The molecule has 0 spiro atoms. The zero-order valence-corrected chi connectivity index (χ0v) is 21.8. The summed E-state index contributed by atoms with van der Waals surface area (Å²) in [6, 6.07) is 18.0. The van der Waals surface area contributed by atoms with Gasteiger partial charge in [0.1, 0.15) is 12.4 Å². The van der Waals surface area contributed by atoms with E-state index < -0.39 is 4.92 Å². The Morgan fingerprint density at radius 3 is 2.44 bits per heavy atom. The molecule has 0 N–H and O–H groups in total. The molecule has 0 aliphatic carbocycles. The molecule has 3 aromatic carbocycles. The van der Waals surface area contributed by atoms with Crippen molar-refractivity contribution in [2.75, 3.05) is 11.4 Å². The van der Waals surface area contributed by atoms with E-state index in [1.165, 1.54) is 12.1 Å². The van der Waals surface area contributed by atoms with Gasteiger partial charge in [-0.1, -0.05) is 44.2 Å². The first-order valence-corrected chi connectivity index (χ1v) is 12.3. The molecular formula is C26H22Br2N2O4. The minimum Gasteiger partial charge on any atom is -0.487 e. The third kappa shape index (κ3) is 5.08. The van der Waals surface area contributed by atoms with Gasteiger partial charge in [-0.25, -0.2) is 0 Å². The maximum absolute atomic E-state index is 13.2. The number of rotatable bonds is 7. The fourth-order valence-corrected chi connectivity index (χ4v) is 5.33. The van der Waals surface area contributed by atoms with Crippen molar-refractivity contribution in [3.05, 3.63) is 96.4 Å². The number of anilines is 1. The lowest BCUT2D eigenvalue weighted by molar-refractivity contribution is -0.384. The van der Waals surface area contributed by atoms with Gasteiger partial charge in [-0.15, -0.1) is 0 Å². The van der Waals surface area contributed by atoms with Crippen LogP contribution in [0.15, 0.2) is 69.6 Å². The normalized spacial score (nSPS) is 14.1. The second-order valence-electron chi connectivity index (χ2n) is 8.41. The van der Waals surface area contributed by atoms with E-state index in [9.17, 15) is 14.9 Å². The largest absolute Gasteiger partial charge is 0.487 e. The lowest BCUT2D eigenvalue weighted by Crippen LogP contribution is -2.30. The van der Waals surface area contributed by atoms with Crippen molar-refractivity contribution in [3.63, 3.8) is 0 Å². The Bertz CT molecular complexity index is 1280. The van der Waals surface area contributed by atoms with Crippen molar-refractivity contribution < 1.29 is 14.5 Å². The number of carbonyl (C=O) groups excluding carboxylic acids is 1. The molecule has 3 aromatic rings. The van der Waals surface area contributed by atoms with Gasteiger partial charge in [0.2, 0.25) is 0 Å². The Hall–Kier alpha value is -2.97. The van der Waals surface area contributed by atoms with Crippen LogP contribution < -0.4 is 9.64 Å². The van der Waals surface area contributed by atoms with E-state index in [1.54, 1.807) is 12.1 Å². The van der Waals surface area contributed by atoms with E-state index in [-0.39, 0.29) is 18.2 Å². The third-order valence-corrected chi connectivity index (χ3v) is 6.52. The molecule has 0 aromatic heterocycles. The molecule has 0 bridgehead atoms. The molecular weight excluding hydrogens is 564 g/mol. The summed E-state index contributed by atoms with van der Waals surface area (Å²) in [6.07, 6.45) is 1.89. The number of non-ortho nitro benzene ring substituents is 1. The van der Waals surface area contributed by atoms with Crippen molar-refractivity contribution in [1.29, 1.82) is 0 Å². The Morgan fingerprint density at radius 2 is 1.76 bits per heavy atom. The van der Waals surface area contributed by atoms with Gasteiger partial charge in [0.15, 0.2) is 0 Å². The van der Waals surface area contributed by atoms with Gasteiger partial charge in [0, 0.05) is 29.8 Å². The molecule has 0 unspecified atom stereocenters. The minimum absolute atomic E-state index is 0.00635. The topological polar surface area (TPSA) is 72.7 Å². The SMILES string of the molecule is CC(C)CN1C(=O)/C(=C\c2cc(Br)c(OCc3cccc([N+](=O)[O-])c3)c(Br)c2)c2ccccc21. The van der Waals surface area contributed by atoms with E-state index in [2.05, 4.69) is 45.7 Å². The fourth-order valence-electron chi connectivity index (χ4n) is 3.88. The highest BCUT2D eigenvalue weighted by molar-refractivity contribution is 9.11. The first-order valence-electron chi connectivity index (χ1n) is 10.7. The summed E-state index contributed by atoms with van der Waals surface area (Å²) < 4.78 is 7.35. The van der Waals surface area contributed by atoms with Gasteiger partial charge in [-0.05, 0) is 73.2 Å². The molecule has 1 heterocycles. The third-order valence-electron chi connectivity index (χ3n) is 5.34. The summed E-state index contributed by atoms with van der Waals surface area (Å²) >= 11 is 7.12. The number of amides is 1. The van der Waals surface area contributed by atoms with Gasteiger partial charge >= 0.3 is 0 Å². The van der Waals surface area contributed by atoms with E-state index in [1.807, 2.05) is 47.4 Å². The number of para-hydroxylation sites is 1. The van der Waals surface area contributed by atoms with Crippen molar-refractivity contribution in [3.8, 4) is 5.75 Å². The quantitative estimate of drug-likeness (QED) is 0.166. The van der Waals surface area contributed by atoms with E-state index >= 15 is 0 Å². The first kappa shape index (κ1) is 24.2. The Labute approximate surface area is 214 Å². The number of nitro groups is 1. The molecule has 0 saturated heterocycles. The molecule has 1 aliphatic rings. The lowest BCUT2D eigenvalue weighted by Gasteiger charge is -2.19. The highest BCUT2D eigenvalue weighted by atomic mass is 79.9. The van der Waals surface area contributed by atoms with E-state index in [0.29, 0.717) is 38.3 Å². The zero-order valence-electron chi connectivity index (χ0n) is 18.6. The number of hydrogen-bond donors (Lipinski definition) is 0. The number of ether oxygens (including phenoxy) is 1. The van der Waals surface area contributed by atoms with Crippen LogP contribution in [0.4, 0.5) is 11.4 Å². The maximum Gasteiger partial charge on any atom is 0.269 e. The van der Waals surface area contributed by atoms with Crippen LogP contribution in [0.25, 0.3) is 11.6 Å². The summed E-state index contributed by atoms with van der Waals surface area (Å²) in [5.41, 5.74) is 4.06. The van der Waals surface area contributed by atoms with Crippen LogP contribution in [-0.2, 0) is 11.4 Å². The highest BCUT2D eigenvalue weighted by Crippen LogP contribution is 2.40. The van der Waals surface area contributed by atoms with Gasteiger partial charge in [0.05, 0.1) is 19.6 Å². The first-order chi connectivity index (χ1) is 16.2. The zero-order chi connectivity index (χ0) is 24.4. The summed E-state index contributed by atoms with van der Waals surface area (Å²) in [5, 5.41) is 11.0. The predicted octanol–water partition coefficient (Wildman–Crippen LogP) is 7.24. The van der Waals surface area contributed by atoms with Crippen LogP contribution in [-0.4, -0.2) is 17.4 Å².